The summed E-state index contributed by atoms with van der Waals surface area (Å²) in [6.07, 6.45) is 4.63. The molecule has 1 aromatic heterocycles. The van der Waals surface area contributed by atoms with Gasteiger partial charge < -0.3 is 9.80 Å². The molecule has 2 heterocycles. The first kappa shape index (κ1) is 16.8. The molecule has 0 bridgehead atoms. The summed E-state index contributed by atoms with van der Waals surface area (Å²) in [5.41, 5.74) is 5.32. The number of aryl methyl sites for hydroxylation is 2. The van der Waals surface area contributed by atoms with E-state index in [0.717, 1.165) is 36.2 Å². The highest BCUT2D eigenvalue weighted by molar-refractivity contribution is 5.98. The third-order valence-corrected chi connectivity index (χ3v) is 5.38. The molecule has 26 heavy (non-hydrogen) atoms. The standard InChI is InChI=1S/C20H24N4O2/c1-14-6-8-15(9-7-14)24-11-10-23(13-20(24)26)19(25)12-18-16-4-2-3-5-17(16)21-22-18/h6-9H,2-5,10-13H2,1H3,(H,21,22). The molecule has 0 unspecified atom stereocenters. The number of anilines is 1. The smallest absolute Gasteiger partial charge is 0.246 e. The van der Waals surface area contributed by atoms with Gasteiger partial charge in [0.05, 0.1) is 12.1 Å². The highest BCUT2D eigenvalue weighted by Crippen LogP contribution is 2.23. The van der Waals surface area contributed by atoms with Crippen LogP contribution in [0.2, 0.25) is 0 Å². The number of carbonyl (C=O) groups excluding carboxylic acids is 2. The molecule has 2 aromatic rings. The average molecular weight is 352 g/mol. The number of fused-ring (bicyclic) bond motifs is 1. The van der Waals surface area contributed by atoms with Crippen LogP contribution in [0.25, 0.3) is 0 Å². The lowest BCUT2D eigenvalue weighted by molar-refractivity contribution is -0.136. The van der Waals surface area contributed by atoms with Crippen LogP contribution in [-0.2, 0) is 28.9 Å². The van der Waals surface area contributed by atoms with E-state index in [2.05, 4.69) is 10.2 Å². The number of aromatic amines is 1. The van der Waals surface area contributed by atoms with Crippen LogP contribution in [0, 0.1) is 6.92 Å². The number of aromatic nitrogens is 2. The summed E-state index contributed by atoms with van der Waals surface area (Å²) in [5.74, 6) is -0.0423. The van der Waals surface area contributed by atoms with E-state index in [1.807, 2.05) is 31.2 Å². The van der Waals surface area contributed by atoms with Crippen molar-refractivity contribution in [3.63, 3.8) is 0 Å². The summed E-state index contributed by atoms with van der Waals surface area (Å²) >= 11 is 0. The number of H-pyrrole nitrogens is 1. The topological polar surface area (TPSA) is 69.3 Å². The molecular weight excluding hydrogens is 328 g/mol. The zero-order valence-electron chi connectivity index (χ0n) is 15.1. The number of hydrogen-bond acceptors (Lipinski definition) is 3. The summed E-state index contributed by atoms with van der Waals surface area (Å²) < 4.78 is 0. The van der Waals surface area contributed by atoms with Crippen LogP contribution < -0.4 is 4.90 Å². The molecule has 6 nitrogen and oxygen atoms in total. The molecule has 0 atom stereocenters. The Hall–Kier alpha value is -2.63. The Bertz CT molecular complexity index is 825. The molecule has 0 radical (unpaired) electrons. The SMILES string of the molecule is Cc1ccc(N2CCN(C(=O)Cc3n[nH]c4c3CCCC4)CC2=O)cc1. The maximum Gasteiger partial charge on any atom is 0.246 e. The molecule has 2 aliphatic rings. The Morgan fingerprint density at radius 3 is 2.69 bits per heavy atom. The number of piperazine rings is 1. The number of benzene rings is 1. The first-order valence-corrected chi connectivity index (χ1v) is 9.31. The summed E-state index contributed by atoms with van der Waals surface area (Å²) in [4.78, 5) is 28.7. The Morgan fingerprint density at radius 2 is 1.92 bits per heavy atom. The lowest BCUT2D eigenvalue weighted by Gasteiger charge is -2.34. The first-order valence-electron chi connectivity index (χ1n) is 9.31. The fraction of sp³-hybridized carbons (Fsp3) is 0.450. The Labute approximate surface area is 153 Å². The van der Waals surface area contributed by atoms with Gasteiger partial charge in [0.1, 0.15) is 6.54 Å². The molecule has 136 valence electrons. The Morgan fingerprint density at radius 1 is 1.15 bits per heavy atom. The minimum Gasteiger partial charge on any atom is -0.331 e. The second-order valence-corrected chi connectivity index (χ2v) is 7.21. The molecule has 1 fully saturated rings. The zero-order chi connectivity index (χ0) is 18.1. The Kier molecular flexibility index (Phi) is 4.49. The monoisotopic (exact) mass is 352 g/mol. The van der Waals surface area contributed by atoms with Crippen molar-refractivity contribution in [3.8, 4) is 0 Å². The summed E-state index contributed by atoms with van der Waals surface area (Å²) in [5, 5.41) is 7.44. The number of nitrogens with zero attached hydrogens (tertiary/aromatic N) is 3. The molecule has 2 amide bonds. The van der Waals surface area contributed by atoms with Crippen molar-refractivity contribution in [2.24, 2.45) is 0 Å². The minimum absolute atomic E-state index is 0.0122. The second-order valence-electron chi connectivity index (χ2n) is 7.21. The number of carbonyl (C=O) groups is 2. The molecule has 1 aliphatic carbocycles. The summed E-state index contributed by atoms with van der Waals surface area (Å²) in [7, 11) is 0. The van der Waals surface area contributed by atoms with Gasteiger partial charge in [0.15, 0.2) is 0 Å². The van der Waals surface area contributed by atoms with E-state index >= 15 is 0 Å². The zero-order valence-corrected chi connectivity index (χ0v) is 15.1. The maximum atomic E-state index is 12.7. The van der Waals surface area contributed by atoms with Crippen LogP contribution in [-0.4, -0.2) is 46.5 Å². The predicted octanol–water partition coefficient (Wildman–Crippen LogP) is 2.01. The molecule has 1 aliphatic heterocycles. The maximum absolute atomic E-state index is 12.7. The molecule has 6 heteroatoms. The van der Waals surface area contributed by atoms with Gasteiger partial charge in [-0.2, -0.15) is 5.10 Å². The van der Waals surface area contributed by atoms with E-state index in [9.17, 15) is 9.59 Å². The highest BCUT2D eigenvalue weighted by atomic mass is 16.2. The third kappa shape index (κ3) is 3.23. The number of nitrogens with one attached hydrogen (secondary N) is 1. The molecule has 0 spiro atoms. The molecule has 4 rings (SSSR count). The summed E-state index contributed by atoms with van der Waals surface area (Å²) in [6, 6.07) is 7.92. The second kappa shape index (κ2) is 6.94. The Balaban J connectivity index is 1.40. The van der Waals surface area contributed by atoms with Crippen molar-refractivity contribution in [1.29, 1.82) is 0 Å². The van der Waals surface area contributed by atoms with Gasteiger partial charge in [-0.05, 0) is 50.3 Å². The quantitative estimate of drug-likeness (QED) is 0.919. The fourth-order valence-corrected chi connectivity index (χ4v) is 3.83. The van der Waals surface area contributed by atoms with Crippen LogP contribution in [0.4, 0.5) is 5.69 Å². The van der Waals surface area contributed by atoms with E-state index in [0.29, 0.717) is 13.1 Å². The first-order chi connectivity index (χ1) is 12.6. The molecule has 1 saturated heterocycles. The van der Waals surface area contributed by atoms with Crippen molar-refractivity contribution in [2.45, 2.75) is 39.0 Å². The van der Waals surface area contributed by atoms with E-state index in [1.54, 1.807) is 9.80 Å². The van der Waals surface area contributed by atoms with Crippen LogP contribution in [0.15, 0.2) is 24.3 Å². The van der Waals surface area contributed by atoms with Crippen LogP contribution in [0.5, 0.6) is 0 Å². The minimum atomic E-state index is -0.0301. The van der Waals surface area contributed by atoms with Gasteiger partial charge in [-0.15, -0.1) is 0 Å². The van der Waals surface area contributed by atoms with Crippen LogP contribution >= 0.6 is 0 Å². The van der Waals surface area contributed by atoms with Crippen molar-refractivity contribution >= 4 is 17.5 Å². The fourth-order valence-electron chi connectivity index (χ4n) is 3.83. The normalized spacial score (nSPS) is 17.3. The van der Waals surface area contributed by atoms with Gasteiger partial charge in [0, 0.05) is 24.5 Å². The van der Waals surface area contributed by atoms with Gasteiger partial charge in [-0.1, -0.05) is 17.7 Å². The number of rotatable bonds is 3. The van der Waals surface area contributed by atoms with E-state index < -0.39 is 0 Å². The van der Waals surface area contributed by atoms with Crippen molar-refractivity contribution in [3.05, 3.63) is 46.8 Å². The van der Waals surface area contributed by atoms with Crippen LogP contribution in [0.1, 0.15) is 35.4 Å². The van der Waals surface area contributed by atoms with Gasteiger partial charge in [0.2, 0.25) is 11.8 Å². The van der Waals surface area contributed by atoms with Crippen molar-refractivity contribution in [2.75, 3.05) is 24.5 Å². The van der Waals surface area contributed by atoms with Gasteiger partial charge in [-0.3, -0.25) is 14.7 Å². The predicted molar refractivity (Wildman–Crippen MR) is 99.0 cm³/mol. The van der Waals surface area contributed by atoms with Gasteiger partial charge in [-0.25, -0.2) is 0 Å². The average Bonchev–Trinajstić information content (AvgIpc) is 3.05. The van der Waals surface area contributed by atoms with Crippen molar-refractivity contribution < 1.29 is 9.59 Å². The highest BCUT2D eigenvalue weighted by Gasteiger charge is 2.29. The number of hydrogen-bond donors (Lipinski definition) is 1. The molecular formula is C20H24N4O2. The molecule has 1 aromatic carbocycles. The van der Waals surface area contributed by atoms with E-state index in [1.165, 1.54) is 17.7 Å². The molecule has 0 saturated carbocycles. The van der Waals surface area contributed by atoms with Crippen molar-refractivity contribution in [1.82, 2.24) is 15.1 Å². The third-order valence-electron chi connectivity index (χ3n) is 5.38. The van der Waals surface area contributed by atoms with E-state index in [4.69, 9.17) is 0 Å². The number of amides is 2. The lowest BCUT2D eigenvalue weighted by Crippen LogP contribution is -2.52. The van der Waals surface area contributed by atoms with Gasteiger partial charge in [0.25, 0.3) is 0 Å². The lowest BCUT2D eigenvalue weighted by atomic mass is 9.95. The molecule has 1 N–H and O–H groups in total. The summed E-state index contributed by atoms with van der Waals surface area (Å²) in [6.45, 7) is 3.26. The van der Waals surface area contributed by atoms with E-state index in [-0.39, 0.29) is 24.8 Å². The van der Waals surface area contributed by atoms with Gasteiger partial charge >= 0.3 is 0 Å². The van der Waals surface area contributed by atoms with Crippen LogP contribution in [0.3, 0.4) is 0 Å². The largest absolute Gasteiger partial charge is 0.331 e.